The molecule has 1 aliphatic carbocycles. The minimum absolute atomic E-state index is 0.103. The van der Waals surface area contributed by atoms with Crippen LogP contribution in [0.3, 0.4) is 0 Å². The molecule has 0 aromatic heterocycles. The van der Waals surface area contributed by atoms with Crippen LogP contribution in [0.2, 0.25) is 0 Å². The van der Waals surface area contributed by atoms with Crippen LogP contribution in [-0.4, -0.2) is 23.0 Å². The first kappa shape index (κ1) is 12.4. The van der Waals surface area contributed by atoms with E-state index in [0.29, 0.717) is 5.92 Å². The average molecular weight is 302 g/mol. The molecule has 1 aliphatic rings. The number of hydrogen-bond acceptors (Lipinski definition) is 3. The molecule has 16 heavy (non-hydrogen) atoms. The lowest BCUT2D eigenvalue weighted by Crippen LogP contribution is -2.36. The van der Waals surface area contributed by atoms with Crippen molar-refractivity contribution in [2.45, 2.75) is 29.0 Å². The van der Waals surface area contributed by atoms with Gasteiger partial charge in [0.2, 0.25) is 0 Å². The molecule has 2 unspecified atom stereocenters. The van der Waals surface area contributed by atoms with Gasteiger partial charge in [-0.05, 0) is 46.8 Å². The molecule has 1 fully saturated rings. The van der Waals surface area contributed by atoms with E-state index in [4.69, 9.17) is 5.73 Å². The van der Waals surface area contributed by atoms with Crippen LogP contribution in [0.1, 0.15) is 12.8 Å². The minimum Gasteiger partial charge on any atom is -0.395 e. The normalized spacial score (nSPS) is 19.4. The van der Waals surface area contributed by atoms with Crippen molar-refractivity contribution in [1.82, 2.24) is 0 Å². The molecule has 1 aromatic carbocycles. The summed E-state index contributed by atoms with van der Waals surface area (Å²) >= 11 is 5.18. The molecule has 2 atom stereocenters. The number of rotatable bonds is 5. The van der Waals surface area contributed by atoms with Crippen molar-refractivity contribution >= 4 is 27.7 Å². The molecule has 0 bridgehead atoms. The Kier molecular flexibility index (Phi) is 4.30. The Morgan fingerprint density at radius 3 is 2.69 bits per heavy atom. The molecule has 0 aliphatic heterocycles. The predicted octanol–water partition coefficient (Wildman–Crippen LogP) is 2.64. The van der Waals surface area contributed by atoms with Gasteiger partial charge in [0.05, 0.1) is 6.61 Å². The summed E-state index contributed by atoms with van der Waals surface area (Å²) in [6.45, 7) is 0.143. The van der Waals surface area contributed by atoms with E-state index in [0.717, 1.165) is 9.37 Å². The molecule has 0 amide bonds. The minimum atomic E-state index is 0.103. The van der Waals surface area contributed by atoms with Crippen LogP contribution in [0.5, 0.6) is 0 Å². The van der Waals surface area contributed by atoms with Gasteiger partial charge >= 0.3 is 0 Å². The lowest BCUT2D eigenvalue weighted by Gasteiger charge is -2.21. The third kappa shape index (κ3) is 3.00. The number of nitrogens with two attached hydrogens (primary N) is 1. The van der Waals surface area contributed by atoms with Crippen molar-refractivity contribution in [3.8, 4) is 0 Å². The van der Waals surface area contributed by atoms with Crippen molar-refractivity contribution in [3.63, 3.8) is 0 Å². The molecular weight excluding hydrogens is 286 g/mol. The fourth-order valence-corrected chi connectivity index (χ4v) is 3.41. The third-order valence-corrected chi connectivity index (χ3v) is 5.22. The van der Waals surface area contributed by atoms with Gasteiger partial charge < -0.3 is 10.8 Å². The summed E-state index contributed by atoms with van der Waals surface area (Å²) in [5.74, 6) is 0.618. The van der Waals surface area contributed by atoms with E-state index in [9.17, 15) is 5.11 Å². The lowest BCUT2D eigenvalue weighted by molar-refractivity contribution is 0.277. The molecule has 4 heteroatoms. The summed E-state index contributed by atoms with van der Waals surface area (Å²) in [4.78, 5) is 1.15. The van der Waals surface area contributed by atoms with Crippen LogP contribution >= 0.6 is 27.7 Å². The van der Waals surface area contributed by atoms with E-state index < -0.39 is 0 Å². The topological polar surface area (TPSA) is 46.2 Å². The van der Waals surface area contributed by atoms with Crippen molar-refractivity contribution in [3.05, 3.63) is 28.7 Å². The molecule has 1 aromatic rings. The van der Waals surface area contributed by atoms with Gasteiger partial charge in [-0.25, -0.2) is 0 Å². The fourth-order valence-electron chi connectivity index (χ4n) is 1.73. The van der Waals surface area contributed by atoms with Gasteiger partial charge in [0.15, 0.2) is 0 Å². The van der Waals surface area contributed by atoms with E-state index >= 15 is 0 Å². The van der Waals surface area contributed by atoms with Gasteiger partial charge in [0, 0.05) is 20.7 Å². The molecule has 2 nitrogen and oxygen atoms in total. The fraction of sp³-hybridized carbons (Fsp3) is 0.500. The van der Waals surface area contributed by atoms with E-state index in [-0.39, 0.29) is 17.9 Å². The van der Waals surface area contributed by atoms with E-state index in [2.05, 4.69) is 22.0 Å². The monoisotopic (exact) mass is 301 g/mol. The first-order valence-corrected chi connectivity index (χ1v) is 7.17. The molecule has 0 heterocycles. The highest BCUT2D eigenvalue weighted by Gasteiger charge is 2.34. The maximum Gasteiger partial charge on any atom is 0.0568 e. The Bertz CT molecular complexity index is 357. The number of benzene rings is 1. The Hall–Kier alpha value is -0.0300. The molecule has 3 N–H and O–H groups in total. The van der Waals surface area contributed by atoms with E-state index in [1.54, 1.807) is 11.8 Å². The Labute approximate surface area is 109 Å². The molecule has 0 saturated heterocycles. The molecule has 88 valence electrons. The average Bonchev–Trinajstić information content (AvgIpc) is 3.11. The van der Waals surface area contributed by atoms with Gasteiger partial charge in [-0.3, -0.25) is 0 Å². The van der Waals surface area contributed by atoms with Crippen LogP contribution in [0.25, 0.3) is 0 Å². The number of halogens is 1. The highest BCUT2D eigenvalue weighted by molar-refractivity contribution is 9.10. The zero-order valence-electron chi connectivity index (χ0n) is 8.97. The standard InChI is InChI=1S/C12H16BrNOS/c13-9-3-1-2-4-10(9)16-11(7-15)12(14)8-5-6-8/h1-4,8,11-12,15H,5-7,14H2. The second kappa shape index (κ2) is 5.54. The summed E-state index contributed by atoms with van der Waals surface area (Å²) < 4.78 is 1.07. The van der Waals surface area contributed by atoms with Gasteiger partial charge in [-0.2, -0.15) is 0 Å². The summed E-state index contributed by atoms with van der Waals surface area (Å²) in [6.07, 6.45) is 2.43. The second-order valence-electron chi connectivity index (χ2n) is 4.18. The molecule has 2 rings (SSSR count). The van der Waals surface area contributed by atoms with Crippen LogP contribution < -0.4 is 5.73 Å². The zero-order valence-corrected chi connectivity index (χ0v) is 11.4. The van der Waals surface area contributed by atoms with Crippen molar-refractivity contribution in [1.29, 1.82) is 0 Å². The maximum atomic E-state index is 9.41. The predicted molar refractivity (Wildman–Crippen MR) is 71.6 cm³/mol. The summed E-state index contributed by atoms with van der Waals surface area (Å²) in [5.41, 5.74) is 6.14. The Morgan fingerprint density at radius 2 is 2.12 bits per heavy atom. The molecular formula is C12H16BrNOS. The van der Waals surface area contributed by atoms with Crippen molar-refractivity contribution in [2.24, 2.45) is 11.7 Å². The van der Waals surface area contributed by atoms with Crippen LogP contribution in [0.15, 0.2) is 33.6 Å². The highest BCUT2D eigenvalue weighted by atomic mass is 79.9. The zero-order chi connectivity index (χ0) is 11.5. The smallest absolute Gasteiger partial charge is 0.0568 e. The summed E-state index contributed by atoms with van der Waals surface area (Å²) in [7, 11) is 0. The Balaban J connectivity index is 2.03. The number of aliphatic hydroxyl groups excluding tert-OH is 1. The first-order chi connectivity index (χ1) is 7.72. The van der Waals surface area contributed by atoms with E-state index in [1.807, 2.05) is 18.2 Å². The van der Waals surface area contributed by atoms with Gasteiger partial charge in [-0.1, -0.05) is 12.1 Å². The largest absolute Gasteiger partial charge is 0.395 e. The molecule has 0 radical (unpaired) electrons. The molecule has 0 spiro atoms. The summed E-state index contributed by atoms with van der Waals surface area (Å²) in [5, 5.41) is 9.51. The van der Waals surface area contributed by atoms with Crippen molar-refractivity contribution in [2.75, 3.05) is 6.61 Å². The number of thioether (sulfide) groups is 1. The lowest BCUT2D eigenvalue weighted by atomic mass is 10.1. The van der Waals surface area contributed by atoms with Gasteiger partial charge in [0.1, 0.15) is 0 Å². The van der Waals surface area contributed by atoms with Gasteiger partial charge in [-0.15, -0.1) is 11.8 Å². The number of aliphatic hydroxyl groups is 1. The Morgan fingerprint density at radius 1 is 1.44 bits per heavy atom. The third-order valence-electron chi connectivity index (χ3n) is 2.89. The van der Waals surface area contributed by atoms with Crippen LogP contribution in [0, 0.1) is 5.92 Å². The second-order valence-corrected chi connectivity index (χ2v) is 6.32. The maximum absolute atomic E-state index is 9.41. The van der Waals surface area contributed by atoms with Crippen molar-refractivity contribution < 1.29 is 5.11 Å². The SMILES string of the molecule is NC(C1CC1)C(CO)Sc1ccccc1Br. The van der Waals surface area contributed by atoms with E-state index in [1.165, 1.54) is 12.8 Å². The first-order valence-electron chi connectivity index (χ1n) is 5.50. The summed E-state index contributed by atoms with van der Waals surface area (Å²) in [6, 6.07) is 8.17. The number of hydrogen-bond donors (Lipinski definition) is 2. The highest BCUT2D eigenvalue weighted by Crippen LogP contribution is 2.39. The van der Waals surface area contributed by atoms with Gasteiger partial charge in [0.25, 0.3) is 0 Å². The quantitative estimate of drug-likeness (QED) is 0.822. The van der Waals surface area contributed by atoms with Crippen LogP contribution in [-0.2, 0) is 0 Å². The molecule has 1 saturated carbocycles. The van der Waals surface area contributed by atoms with Crippen LogP contribution in [0.4, 0.5) is 0 Å².